The monoisotopic (exact) mass is 182 g/mol. The molecular weight excluding hydrogens is 172 g/mol. The fraction of sp³-hybridized carbons (Fsp3) is 0.125. The Hall–Kier alpha value is -1.16. The molecule has 0 atom stereocenters. The number of anilines is 1. The molecule has 1 aromatic carbocycles. The lowest BCUT2D eigenvalue weighted by Gasteiger charge is -2.13. The van der Waals surface area contributed by atoms with Gasteiger partial charge in [-0.05, 0) is 12.1 Å². The molecular formula is C8H10N2OS. The highest BCUT2D eigenvalue weighted by molar-refractivity contribution is 7.82. The molecule has 0 saturated carbocycles. The Bertz CT molecular complexity index is 263. The minimum Gasteiger partial charge on any atom is -0.340 e. The number of carbonyl (C=O) groups excluding carboxylic acids is 1. The van der Waals surface area contributed by atoms with Crippen molar-refractivity contribution in [2.75, 3.05) is 11.4 Å². The van der Waals surface area contributed by atoms with E-state index in [1.165, 1.54) is 4.31 Å². The maximum Gasteiger partial charge on any atom is 0.331 e. The molecule has 1 N–H and O–H groups in total. The molecule has 2 amide bonds. The highest BCUT2D eigenvalue weighted by atomic mass is 32.1. The fourth-order valence-electron chi connectivity index (χ4n) is 0.792. The second-order valence-electron chi connectivity index (χ2n) is 2.20. The van der Waals surface area contributed by atoms with Crippen LogP contribution in [-0.2, 0) is 0 Å². The van der Waals surface area contributed by atoms with Crippen LogP contribution in [-0.4, -0.2) is 13.1 Å². The van der Waals surface area contributed by atoms with E-state index in [-0.39, 0.29) is 6.03 Å². The lowest BCUT2D eigenvalue weighted by atomic mass is 10.3. The average molecular weight is 182 g/mol. The van der Waals surface area contributed by atoms with Crippen molar-refractivity contribution < 1.29 is 4.79 Å². The number of benzene rings is 1. The number of para-hydroxylation sites is 1. The summed E-state index contributed by atoms with van der Waals surface area (Å²) in [6, 6.07) is 8.95. The summed E-state index contributed by atoms with van der Waals surface area (Å²) >= 11 is 4.02. The number of thiol groups is 1. The lowest BCUT2D eigenvalue weighted by molar-refractivity contribution is 0.252. The van der Waals surface area contributed by atoms with Gasteiger partial charge in [-0.1, -0.05) is 31.0 Å². The zero-order valence-corrected chi connectivity index (χ0v) is 7.58. The minimum atomic E-state index is -0.246. The standard InChI is InChI=1S/C8H10N2OS/c1-9-8(11)10(12)7-5-3-2-4-6-7/h2-6,12H,1H3,(H,9,11). The van der Waals surface area contributed by atoms with Crippen molar-refractivity contribution in [3.63, 3.8) is 0 Å². The number of nitrogens with zero attached hydrogens (tertiary/aromatic N) is 1. The van der Waals surface area contributed by atoms with Gasteiger partial charge in [0.05, 0.1) is 5.69 Å². The number of rotatable bonds is 1. The van der Waals surface area contributed by atoms with Crippen molar-refractivity contribution in [1.29, 1.82) is 0 Å². The molecule has 0 radical (unpaired) electrons. The molecule has 4 heteroatoms. The zero-order chi connectivity index (χ0) is 8.97. The van der Waals surface area contributed by atoms with Crippen LogP contribution in [0.5, 0.6) is 0 Å². The van der Waals surface area contributed by atoms with Crippen molar-refractivity contribution in [1.82, 2.24) is 5.32 Å². The Morgan fingerprint density at radius 3 is 2.50 bits per heavy atom. The van der Waals surface area contributed by atoms with Gasteiger partial charge in [-0.15, -0.1) is 0 Å². The zero-order valence-electron chi connectivity index (χ0n) is 6.69. The van der Waals surface area contributed by atoms with Gasteiger partial charge >= 0.3 is 6.03 Å². The van der Waals surface area contributed by atoms with Crippen molar-refractivity contribution in [2.45, 2.75) is 0 Å². The second kappa shape index (κ2) is 4.01. The van der Waals surface area contributed by atoms with Gasteiger partial charge in [0.25, 0.3) is 0 Å². The fourth-order valence-corrected chi connectivity index (χ4v) is 1.03. The molecule has 0 aliphatic heterocycles. The molecule has 0 aromatic heterocycles. The average Bonchev–Trinajstić information content (AvgIpc) is 2.17. The predicted molar refractivity (Wildman–Crippen MR) is 52.4 cm³/mol. The van der Waals surface area contributed by atoms with Gasteiger partial charge in [-0.3, -0.25) is 0 Å². The molecule has 3 nitrogen and oxygen atoms in total. The van der Waals surface area contributed by atoms with Gasteiger partial charge in [0, 0.05) is 7.05 Å². The molecule has 1 rings (SSSR count). The Balaban J connectivity index is 2.78. The topological polar surface area (TPSA) is 32.3 Å². The molecule has 0 spiro atoms. The Kier molecular flexibility index (Phi) is 2.99. The molecule has 1 aromatic rings. The van der Waals surface area contributed by atoms with Crippen LogP contribution >= 0.6 is 12.8 Å². The third-order valence-electron chi connectivity index (χ3n) is 1.41. The van der Waals surface area contributed by atoms with Crippen molar-refractivity contribution in [3.05, 3.63) is 30.3 Å². The van der Waals surface area contributed by atoms with Crippen LogP contribution in [0.1, 0.15) is 0 Å². The smallest absolute Gasteiger partial charge is 0.331 e. The van der Waals surface area contributed by atoms with Crippen LogP contribution in [0.4, 0.5) is 10.5 Å². The van der Waals surface area contributed by atoms with Gasteiger partial charge in [-0.25, -0.2) is 9.10 Å². The lowest BCUT2D eigenvalue weighted by Crippen LogP contribution is -2.30. The highest BCUT2D eigenvalue weighted by Crippen LogP contribution is 2.14. The van der Waals surface area contributed by atoms with Crippen molar-refractivity contribution in [3.8, 4) is 0 Å². The molecule has 64 valence electrons. The summed E-state index contributed by atoms with van der Waals surface area (Å²) < 4.78 is 1.25. The molecule has 0 bridgehead atoms. The minimum absolute atomic E-state index is 0.246. The Morgan fingerprint density at radius 1 is 1.42 bits per heavy atom. The van der Waals surface area contributed by atoms with Gasteiger partial charge < -0.3 is 5.32 Å². The number of urea groups is 1. The summed E-state index contributed by atoms with van der Waals surface area (Å²) in [4.78, 5) is 11.1. The molecule has 0 aliphatic rings. The SMILES string of the molecule is CNC(=O)N(S)c1ccccc1. The van der Waals surface area contributed by atoms with Crippen LogP contribution in [0.15, 0.2) is 30.3 Å². The van der Waals surface area contributed by atoms with Gasteiger partial charge in [0.2, 0.25) is 0 Å². The summed E-state index contributed by atoms with van der Waals surface area (Å²) in [6.45, 7) is 0. The van der Waals surface area contributed by atoms with Crippen LogP contribution in [0.25, 0.3) is 0 Å². The summed E-state index contributed by atoms with van der Waals surface area (Å²) in [5, 5.41) is 2.47. The van der Waals surface area contributed by atoms with E-state index in [9.17, 15) is 4.79 Å². The summed E-state index contributed by atoms with van der Waals surface area (Å²) in [5.74, 6) is 0. The van der Waals surface area contributed by atoms with Crippen LogP contribution in [0.2, 0.25) is 0 Å². The van der Waals surface area contributed by atoms with E-state index < -0.39 is 0 Å². The van der Waals surface area contributed by atoms with Crippen LogP contribution in [0, 0.1) is 0 Å². The number of hydrogen-bond donors (Lipinski definition) is 2. The highest BCUT2D eigenvalue weighted by Gasteiger charge is 2.07. The van der Waals surface area contributed by atoms with Crippen molar-refractivity contribution in [2.24, 2.45) is 0 Å². The van der Waals surface area contributed by atoms with E-state index in [2.05, 4.69) is 18.1 Å². The van der Waals surface area contributed by atoms with Gasteiger partial charge in [0.1, 0.15) is 0 Å². The largest absolute Gasteiger partial charge is 0.340 e. The predicted octanol–water partition coefficient (Wildman–Crippen LogP) is 1.68. The summed E-state index contributed by atoms with van der Waals surface area (Å²) in [6.07, 6.45) is 0. The third kappa shape index (κ3) is 1.92. The third-order valence-corrected chi connectivity index (χ3v) is 1.82. The van der Waals surface area contributed by atoms with Crippen LogP contribution < -0.4 is 9.62 Å². The normalized spacial score (nSPS) is 9.17. The van der Waals surface area contributed by atoms with E-state index in [1.54, 1.807) is 7.05 Å². The molecule has 0 saturated heterocycles. The van der Waals surface area contributed by atoms with E-state index in [4.69, 9.17) is 0 Å². The molecule has 0 aliphatic carbocycles. The van der Waals surface area contributed by atoms with Crippen molar-refractivity contribution >= 4 is 24.5 Å². The van der Waals surface area contributed by atoms with E-state index in [1.807, 2.05) is 30.3 Å². The molecule has 12 heavy (non-hydrogen) atoms. The molecule has 0 heterocycles. The van der Waals surface area contributed by atoms with E-state index in [0.29, 0.717) is 0 Å². The van der Waals surface area contributed by atoms with E-state index >= 15 is 0 Å². The quantitative estimate of drug-likeness (QED) is 0.636. The molecule has 0 fully saturated rings. The van der Waals surface area contributed by atoms with Gasteiger partial charge in [0.15, 0.2) is 0 Å². The number of amides is 2. The Labute approximate surface area is 76.9 Å². The number of hydrogen-bond acceptors (Lipinski definition) is 2. The summed E-state index contributed by atoms with van der Waals surface area (Å²) in [7, 11) is 1.56. The second-order valence-corrected chi connectivity index (χ2v) is 2.60. The molecule has 0 unspecified atom stereocenters. The first-order chi connectivity index (χ1) is 5.75. The first-order valence-electron chi connectivity index (χ1n) is 3.51. The van der Waals surface area contributed by atoms with E-state index in [0.717, 1.165) is 5.69 Å². The first kappa shape index (κ1) is 8.93. The van der Waals surface area contributed by atoms with Gasteiger partial charge in [-0.2, -0.15) is 0 Å². The maximum absolute atomic E-state index is 11.1. The number of carbonyl (C=O) groups is 1. The maximum atomic E-state index is 11.1. The Morgan fingerprint density at radius 2 is 2.00 bits per heavy atom. The van der Waals surface area contributed by atoms with Crippen LogP contribution in [0.3, 0.4) is 0 Å². The first-order valence-corrected chi connectivity index (χ1v) is 3.91. The number of nitrogens with one attached hydrogen (secondary N) is 1. The summed E-state index contributed by atoms with van der Waals surface area (Å²) in [5.41, 5.74) is 0.750.